The van der Waals surface area contributed by atoms with Gasteiger partial charge in [-0.2, -0.15) is 10.4 Å². The van der Waals surface area contributed by atoms with Gasteiger partial charge in [0.2, 0.25) is 0 Å². The Morgan fingerprint density at radius 3 is 2.49 bits per heavy atom. The average molecular weight is 464 g/mol. The molecule has 0 radical (unpaired) electrons. The van der Waals surface area contributed by atoms with Crippen LogP contribution in [0.1, 0.15) is 40.4 Å². The van der Waals surface area contributed by atoms with Crippen molar-refractivity contribution in [2.45, 2.75) is 20.0 Å². The predicted molar refractivity (Wildman–Crippen MR) is 137 cm³/mol. The molecule has 0 unspecified atom stereocenters. The third-order valence-electron chi connectivity index (χ3n) is 5.36. The molecule has 1 N–H and O–H groups in total. The van der Waals surface area contributed by atoms with Gasteiger partial charge in [-0.15, -0.1) is 0 Å². The van der Waals surface area contributed by atoms with E-state index in [1.54, 1.807) is 42.6 Å². The van der Waals surface area contributed by atoms with Crippen molar-refractivity contribution in [1.29, 1.82) is 5.26 Å². The molecular weight excluding hydrogens is 438 g/mol. The zero-order chi connectivity index (χ0) is 24.5. The molecule has 35 heavy (non-hydrogen) atoms. The first-order chi connectivity index (χ1) is 17.2. The lowest BCUT2D eigenvalue weighted by Gasteiger charge is -2.12. The third-order valence-corrected chi connectivity index (χ3v) is 5.36. The molecule has 0 aliphatic rings. The Balaban J connectivity index is 1.50. The summed E-state index contributed by atoms with van der Waals surface area (Å²) in [7, 11) is 0. The minimum absolute atomic E-state index is 0.316. The maximum absolute atomic E-state index is 12.6. The molecule has 0 aliphatic carbocycles. The summed E-state index contributed by atoms with van der Waals surface area (Å²) in [6, 6.07) is 28.1. The number of hydrogen-bond donors (Lipinski definition) is 1. The van der Waals surface area contributed by atoms with Crippen molar-refractivity contribution in [2.24, 2.45) is 5.10 Å². The molecule has 6 nitrogen and oxygen atoms in total. The standard InChI is InChI=1S/C29H25N3O3/c1-2-17-34-25-14-11-24(12-15-25)29(33)32-31-19-27-26-6-4-3-5-23(26)13-16-28(27)35-20-22-9-7-21(18-30)8-10-22/h3-16,19H,2,17,20H2,1H3,(H,32,33)/b31-19+. The molecular formula is C29H25N3O3. The number of rotatable bonds is 9. The summed E-state index contributed by atoms with van der Waals surface area (Å²) < 4.78 is 11.7. The van der Waals surface area contributed by atoms with Crippen molar-refractivity contribution in [3.8, 4) is 17.6 Å². The van der Waals surface area contributed by atoms with E-state index in [0.717, 1.165) is 34.1 Å². The van der Waals surface area contributed by atoms with Crippen molar-refractivity contribution in [3.63, 3.8) is 0 Å². The number of benzene rings is 4. The molecule has 0 saturated heterocycles. The van der Waals surface area contributed by atoms with Gasteiger partial charge in [0, 0.05) is 11.1 Å². The van der Waals surface area contributed by atoms with Gasteiger partial charge in [-0.3, -0.25) is 4.79 Å². The zero-order valence-electron chi connectivity index (χ0n) is 19.4. The highest BCUT2D eigenvalue weighted by atomic mass is 16.5. The number of nitrogens with one attached hydrogen (secondary N) is 1. The van der Waals surface area contributed by atoms with Crippen molar-refractivity contribution in [2.75, 3.05) is 6.61 Å². The average Bonchev–Trinajstić information content (AvgIpc) is 2.91. The van der Waals surface area contributed by atoms with E-state index >= 15 is 0 Å². The number of amides is 1. The van der Waals surface area contributed by atoms with Crippen LogP contribution in [0.25, 0.3) is 10.8 Å². The Labute approximate surface area is 204 Å². The molecule has 0 spiro atoms. The first-order valence-electron chi connectivity index (χ1n) is 11.4. The van der Waals surface area contributed by atoms with Gasteiger partial charge >= 0.3 is 0 Å². The largest absolute Gasteiger partial charge is 0.494 e. The molecule has 0 aromatic heterocycles. The second-order valence-electron chi connectivity index (χ2n) is 7.87. The molecule has 4 aromatic rings. The van der Waals surface area contributed by atoms with E-state index in [2.05, 4.69) is 16.6 Å². The number of carbonyl (C=O) groups is 1. The Morgan fingerprint density at radius 1 is 0.971 bits per heavy atom. The van der Waals surface area contributed by atoms with Gasteiger partial charge in [-0.25, -0.2) is 5.43 Å². The van der Waals surface area contributed by atoms with E-state index in [1.807, 2.05) is 55.5 Å². The van der Waals surface area contributed by atoms with E-state index in [4.69, 9.17) is 14.7 Å². The maximum atomic E-state index is 12.6. The van der Waals surface area contributed by atoms with Gasteiger partial charge in [0.25, 0.3) is 5.91 Å². The SMILES string of the molecule is CCCOc1ccc(C(=O)N/N=C/c2c(OCc3ccc(C#N)cc3)ccc3ccccc23)cc1. The molecule has 4 rings (SSSR count). The van der Waals surface area contributed by atoms with Crippen LogP contribution in [0.3, 0.4) is 0 Å². The second-order valence-corrected chi connectivity index (χ2v) is 7.87. The highest BCUT2D eigenvalue weighted by molar-refractivity contribution is 6.03. The van der Waals surface area contributed by atoms with Crippen molar-refractivity contribution in [1.82, 2.24) is 5.43 Å². The minimum atomic E-state index is -0.316. The van der Waals surface area contributed by atoms with Crippen molar-refractivity contribution in [3.05, 3.63) is 107 Å². The lowest BCUT2D eigenvalue weighted by atomic mass is 10.0. The van der Waals surface area contributed by atoms with Gasteiger partial charge < -0.3 is 9.47 Å². The number of ether oxygens (including phenoxy) is 2. The monoisotopic (exact) mass is 463 g/mol. The summed E-state index contributed by atoms with van der Waals surface area (Å²) >= 11 is 0. The molecule has 4 aromatic carbocycles. The predicted octanol–water partition coefficient (Wildman–Crippen LogP) is 5.84. The molecule has 6 heteroatoms. The fourth-order valence-corrected chi connectivity index (χ4v) is 3.51. The Morgan fingerprint density at radius 2 is 1.74 bits per heavy atom. The van der Waals surface area contributed by atoms with Gasteiger partial charge in [-0.05, 0) is 65.2 Å². The highest BCUT2D eigenvalue weighted by Gasteiger charge is 2.09. The van der Waals surface area contributed by atoms with Crippen LogP contribution in [0.2, 0.25) is 0 Å². The first-order valence-corrected chi connectivity index (χ1v) is 11.4. The number of carbonyl (C=O) groups excluding carboxylic acids is 1. The van der Waals surface area contributed by atoms with Gasteiger partial charge in [0.15, 0.2) is 0 Å². The number of hydrogen-bond acceptors (Lipinski definition) is 5. The second kappa shape index (κ2) is 11.5. The van der Waals surface area contributed by atoms with Crippen LogP contribution < -0.4 is 14.9 Å². The quantitative estimate of drug-likeness (QED) is 0.250. The van der Waals surface area contributed by atoms with Crippen LogP contribution >= 0.6 is 0 Å². The molecule has 0 saturated carbocycles. The van der Waals surface area contributed by atoms with Crippen molar-refractivity contribution >= 4 is 22.9 Å². The summed E-state index contributed by atoms with van der Waals surface area (Å²) in [5.74, 6) is 1.05. The fraction of sp³-hybridized carbons (Fsp3) is 0.138. The smallest absolute Gasteiger partial charge is 0.271 e. The lowest BCUT2D eigenvalue weighted by Crippen LogP contribution is -2.17. The maximum Gasteiger partial charge on any atom is 0.271 e. The topological polar surface area (TPSA) is 83.7 Å². The molecule has 0 heterocycles. The summed E-state index contributed by atoms with van der Waals surface area (Å²) in [6.45, 7) is 3.01. The van der Waals surface area contributed by atoms with E-state index < -0.39 is 0 Å². The number of hydrazone groups is 1. The Kier molecular flexibility index (Phi) is 7.72. The third kappa shape index (κ3) is 6.04. The van der Waals surface area contributed by atoms with Crippen LogP contribution in [0, 0.1) is 11.3 Å². The minimum Gasteiger partial charge on any atom is -0.494 e. The van der Waals surface area contributed by atoms with Gasteiger partial charge in [0.05, 0.1) is 24.5 Å². The van der Waals surface area contributed by atoms with Gasteiger partial charge in [-0.1, -0.05) is 49.4 Å². The van der Waals surface area contributed by atoms with E-state index in [0.29, 0.717) is 30.1 Å². The number of nitrogens with zero attached hydrogens (tertiary/aromatic N) is 2. The molecule has 0 atom stereocenters. The molecule has 0 bridgehead atoms. The van der Waals surface area contributed by atoms with Gasteiger partial charge in [0.1, 0.15) is 18.1 Å². The molecule has 174 valence electrons. The zero-order valence-corrected chi connectivity index (χ0v) is 19.4. The van der Waals surface area contributed by atoms with E-state index in [1.165, 1.54) is 0 Å². The Hall–Kier alpha value is -4.63. The summed E-state index contributed by atoms with van der Waals surface area (Å²) in [4.78, 5) is 12.6. The summed E-state index contributed by atoms with van der Waals surface area (Å²) in [5, 5.41) is 15.2. The highest BCUT2D eigenvalue weighted by Crippen LogP contribution is 2.27. The first kappa shape index (κ1) is 23.5. The van der Waals surface area contributed by atoms with Crippen LogP contribution in [0.4, 0.5) is 0 Å². The molecule has 0 fully saturated rings. The summed E-state index contributed by atoms with van der Waals surface area (Å²) in [6.07, 6.45) is 2.53. The van der Waals surface area contributed by atoms with E-state index in [9.17, 15) is 4.79 Å². The number of nitriles is 1. The van der Waals surface area contributed by atoms with Crippen LogP contribution in [-0.4, -0.2) is 18.7 Å². The fourth-order valence-electron chi connectivity index (χ4n) is 3.51. The number of fused-ring (bicyclic) bond motifs is 1. The molecule has 1 amide bonds. The normalized spacial score (nSPS) is 10.7. The van der Waals surface area contributed by atoms with Crippen LogP contribution in [0.5, 0.6) is 11.5 Å². The van der Waals surface area contributed by atoms with Crippen LogP contribution in [-0.2, 0) is 6.61 Å². The Bertz CT molecular complexity index is 1370. The lowest BCUT2D eigenvalue weighted by molar-refractivity contribution is 0.0955. The van der Waals surface area contributed by atoms with Crippen molar-refractivity contribution < 1.29 is 14.3 Å². The summed E-state index contributed by atoms with van der Waals surface area (Å²) in [5.41, 5.74) is 5.39. The van der Waals surface area contributed by atoms with Crippen LogP contribution in [0.15, 0.2) is 90.0 Å². The van der Waals surface area contributed by atoms with E-state index in [-0.39, 0.29) is 5.91 Å². The molecule has 0 aliphatic heterocycles.